The minimum Gasteiger partial charge on any atom is -0.444 e. The fourth-order valence-electron chi connectivity index (χ4n) is 2.94. The number of hydrogen-bond acceptors (Lipinski definition) is 6. The van der Waals surface area contributed by atoms with Gasteiger partial charge in [-0.3, -0.25) is 14.4 Å². The van der Waals surface area contributed by atoms with E-state index in [2.05, 4.69) is 5.32 Å². The number of nitrogens with zero attached hydrogens (tertiary/aromatic N) is 3. The largest absolute Gasteiger partial charge is 0.444 e. The highest BCUT2D eigenvalue weighted by Gasteiger charge is 2.31. The number of nitrogens with one attached hydrogen (secondary N) is 1. The molecule has 10 heteroatoms. The first-order chi connectivity index (χ1) is 13.2. The highest BCUT2D eigenvalue weighted by atomic mass is 16.6. The van der Waals surface area contributed by atoms with Crippen molar-refractivity contribution < 1.29 is 28.7 Å². The number of ether oxygens (including phenoxy) is 2. The normalized spacial score (nSPS) is 17.9. The smallest absolute Gasteiger partial charge is 0.407 e. The van der Waals surface area contributed by atoms with Crippen molar-refractivity contribution in [2.75, 3.05) is 59.0 Å². The van der Waals surface area contributed by atoms with E-state index in [4.69, 9.17) is 9.47 Å². The van der Waals surface area contributed by atoms with Crippen molar-refractivity contribution in [3.05, 3.63) is 0 Å². The monoisotopic (exact) mass is 398 g/mol. The number of morpholine rings is 1. The average Bonchev–Trinajstić information content (AvgIpc) is 2.66. The number of rotatable bonds is 3. The van der Waals surface area contributed by atoms with Gasteiger partial charge < -0.3 is 29.5 Å². The molecule has 2 aliphatic rings. The van der Waals surface area contributed by atoms with Crippen LogP contribution < -0.4 is 5.32 Å². The molecule has 2 aliphatic heterocycles. The van der Waals surface area contributed by atoms with Crippen LogP contribution in [0.25, 0.3) is 0 Å². The van der Waals surface area contributed by atoms with E-state index in [0.29, 0.717) is 52.5 Å². The van der Waals surface area contributed by atoms with Gasteiger partial charge in [-0.15, -0.1) is 0 Å². The fraction of sp³-hybridized carbons (Fsp3) is 0.778. The molecule has 0 aromatic rings. The predicted octanol–water partition coefficient (Wildman–Crippen LogP) is -0.569. The second kappa shape index (κ2) is 9.72. The lowest BCUT2D eigenvalue weighted by Gasteiger charge is -2.36. The van der Waals surface area contributed by atoms with E-state index in [1.165, 1.54) is 9.80 Å². The molecule has 0 aliphatic carbocycles. The maximum Gasteiger partial charge on any atom is 0.407 e. The zero-order chi connectivity index (χ0) is 20.7. The van der Waals surface area contributed by atoms with Crippen LogP contribution in [0.1, 0.15) is 27.2 Å². The summed E-state index contributed by atoms with van der Waals surface area (Å²) in [4.78, 5) is 53.1. The first-order valence-corrected chi connectivity index (χ1v) is 9.58. The SMILES string of the molecule is CC(C)(C)OC(=O)NCCC(=O)N1CCN(C(=O)C(=O)N2CCOCC2)CC1. The number of alkyl carbamates (subject to hydrolysis) is 1. The van der Waals surface area contributed by atoms with Crippen molar-refractivity contribution in [1.29, 1.82) is 0 Å². The van der Waals surface area contributed by atoms with Gasteiger partial charge in [-0.25, -0.2) is 4.79 Å². The molecule has 1 N–H and O–H groups in total. The molecule has 0 saturated carbocycles. The Labute approximate surface area is 165 Å². The van der Waals surface area contributed by atoms with Gasteiger partial charge in [-0.2, -0.15) is 0 Å². The third kappa shape index (κ3) is 6.66. The van der Waals surface area contributed by atoms with Crippen LogP contribution in [0.5, 0.6) is 0 Å². The molecule has 0 spiro atoms. The molecular weight excluding hydrogens is 368 g/mol. The Balaban J connectivity index is 1.69. The molecule has 2 fully saturated rings. The molecule has 2 rings (SSSR count). The van der Waals surface area contributed by atoms with Crippen LogP contribution in [-0.4, -0.2) is 103 Å². The summed E-state index contributed by atoms with van der Waals surface area (Å²) < 4.78 is 10.3. The molecule has 10 nitrogen and oxygen atoms in total. The van der Waals surface area contributed by atoms with Crippen LogP contribution in [-0.2, 0) is 23.9 Å². The topological polar surface area (TPSA) is 108 Å². The molecule has 0 radical (unpaired) electrons. The average molecular weight is 398 g/mol. The highest BCUT2D eigenvalue weighted by Crippen LogP contribution is 2.08. The van der Waals surface area contributed by atoms with Crippen molar-refractivity contribution in [2.24, 2.45) is 0 Å². The maximum absolute atomic E-state index is 12.4. The summed E-state index contributed by atoms with van der Waals surface area (Å²) in [6.45, 7) is 8.59. The van der Waals surface area contributed by atoms with Crippen molar-refractivity contribution in [1.82, 2.24) is 20.0 Å². The van der Waals surface area contributed by atoms with E-state index in [1.807, 2.05) is 0 Å². The van der Waals surface area contributed by atoms with Crippen molar-refractivity contribution in [3.8, 4) is 0 Å². The van der Waals surface area contributed by atoms with Gasteiger partial charge in [0.1, 0.15) is 5.60 Å². The van der Waals surface area contributed by atoms with Gasteiger partial charge in [0.15, 0.2) is 0 Å². The first kappa shape index (κ1) is 21.9. The molecule has 0 bridgehead atoms. The number of amides is 4. The Morgan fingerprint density at radius 1 is 0.857 bits per heavy atom. The molecule has 28 heavy (non-hydrogen) atoms. The minimum atomic E-state index is -0.588. The Morgan fingerprint density at radius 3 is 1.89 bits per heavy atom. The van der Waals surface area contributed by atoms with Crippen molar-refractivity contribution in [3.63, 3.8) is 0 Å². The molecule has 0 atom stereocenters. The van der Waals surface area contributed by atoms with Crippen LogP contribution in [0.2, 0.25) is 0 Å². The van der Waals surface area contributed by atoms with E-state index in [1.54, 1.807) is 25.7 Å². The summed E-state index contributed by atoms with van der Waals surface area (Å²) in [5.41, 5.74) is -0.588. The number of carbonyl (C=O) groups is 4. The summed E-state index contributed by atoms with van der Waals surface area (Å²) in [6.07, 6.45) is -0.405. The van der Waals surface area contributed by atoms with Gasteiger partial charge in [0.2, 0.25) is 5.91 Å². The fourth-order valence-corrected chi connectivity index (χ4v) is 2.94. The highest BCUT2D eigenvalue weighted by molar-refractivity contribution is 6.34. The van der Waals surface area contributed by atoms with Gasteiger partial charge in [0.05, 0.1) is 13.2 Å². The number of piperazine rings is 1. The summed E-state index contributed by atoms with van der Waals surface area (Å²) >= 11 is 0. The third-order valence-corrected chi connectivity index (χ3v) is 4.41. The zero-order valence-corrected chi connectivity index (χ0v) is 16.9. The zero-order valence-electron chi connectivity index (χ0n) is 16.9. The van der Waals surface area contributed by atoms with Crippen LogP contribution in [0, 0.1) is 0 Å². The predicted molar refractivity (Wildman–Crippen MR) is 99.4 cm³/mol. The standard InChI is InChI=1S/C18H30N4O6/c1-18(2,3)28-17(26)19-5-4-14(23)20-6-8-21(9-7-20)15(24)16(25)22-10-12-27-13-11-22/h4-13H2,1-3H3,(H,19,26). The quantitative estimate of drug-likeness (QED) is 0.638. The molecule has 0 aromatic carbocycles. The van der Waals surface area contributed by atoms with E-state index >= 15 is 0 Å². The lowest BCUT2D eigenvalue weighted by Crippen LogP contribution is -2.55. The Kier molecular flexibility index (Phi) is 7.61. The second-order valence-corrected chi connectivity index (χ2v) is 7.76. The second-order valence-electron chi connectivity index (χ2n) is 7.76. The molecule has 158 valence electrons. The molecule has 2 saturated heterocycles. The lowest BCUT2D eigenvalue weighted by atomic mass is 10.2. The third-order valence-electron chi connectivity index (χ3n) is 4.41. The number of carbonyl (C=O) groups excluding carboxylic acids is 4. The van der Waals surface area contributed by atoms with E-state index in [9.17, 15) is 19.2 Å². The summed E-state index contributed by atoms with van der Waals surface area (Å²) in [5.74, 6) is -1.15. The minimum absolute atomic E-state index is 0.109. The summed E-state index contributed by atoms with van der Waals surface area (Å²) in [6, 6.07) is 0. The van der Waals surface area contributed by atoms with Crippen LogP contribution in [0.4, 0.5) is 4.79 Å². The van der Waals surface area contributed by atoms with Crippen molar-refractivity contribution in [2.45, 2.75) is 32.8 Å². The van der Waals surface area contributed by atoms with E-state index in [-0.39, 0.29) is 18.9 Å². The maximum atomic E-state index is 12.4. The Morgan fingerprint density at radius 2 is 1.36 bits per heavy atom. The van der Waals surface area contributed by atoms with Gasteiger partial charge in [-0.05, 0) is 20.8 Å². The van der Waals surface area contributed by atoms with E-state index < -0.39 is 23.5 Å². The van der Waals surface area contributed by atoms with E-state index in [0.717, 1.165) is 0 Å². The van der Waals surface area contributed by atoms with Crippen LogP contribution >= 0.6 is 0 Å². The van der Waals surface area contributed by atoms with Gasteiger partial charge in [0, 0.05) is 52.2 Å². The molecular formula is C18H30N4O6. The van der Waals surface area contributed by atoms with Gasteiger partial charge in [0.25, 0.3) is 0 Å². The molecule has 0 aromatic heterocycles. The summed E-state index contributed by atoms with van der Waals surface area (Å²) in [7, 11) is 0. The van der Waals surface area contributed by atoms with Gasteiger partial charge >= 0.3 is 17.9 Å². The summed E-state index contributed by atoms with van der Waals surface area (Å²) in [5, 5.41) is 2.55. The first-order valence-electron chi connectivity index (χ1n) is 9.58. The molecule has 0 unspecified atom stereocenters. The van der Waals surface area contributed by atoms with Crippen molar-refractivity contribution >= 4 is 23.8 Å². The lowest BCUT2D eigenvalue weighted by molar-refractivity contribution is -0.155. The molecule has 2 heterocycles. The Bertz CT molecular complexity index is 589. The Hall–Kier alpha value is -2.36. The van der Waals surface area contributed by atoms with Crippen LogP contribution in [0.15, 0.2) is 0 Å². The van der Waals surface area contributed by atoms with Gasteiger partial charge in [-0.1, -0.05) is 0 Å². The van der Waals surface area contributed by atoms with Crippen LogP contribution in [0.3, 0.4) is 0 Å². The molecule has 4 amide bonds. The number of hydrogen-bond donors (Lipinski definition) is 1.